The highest BCUT2D eigenvalue weighted by Crippen LogP contribution is 2.43. The Balaban J connectivity index is 1.76. The second-order valence-electron chi connectivity index (χ2n) is 6.65. The second-order valence-corrected chi connectivity index (χ2v) is 8.74. The molecule has 1 aromatic carbocycles. The average Bonchev–Trinajstić information content (AvgIpc) is 3.36. The third kappa shape index (κ3) is 3.76. The van der Waals surface area contributed by atoms with Crippen molar-refractivity contribution < 1.29 is 13.5 Å². The minimum Gasteiger partial charge on any atom is -0.395 e. The SMILES string of the molecule is CCS(=O)(=O)NC[C@@H]1[C@@H](c2ccccc2)[C@@H](CO)N1CC1CC1. The normalized spacial score (nSPS) is 28.5. The summed E-state index contributed by atoms with van der Waals surface area (Å²) in [6.45, 7) is 3.14. The Hall–Kier alpha value is -0.950. The van der Waals surface area contributed by atoms with Gasteiger partial charge in [-0.05, 0) is 31.2 Å². The Kier molecular flexibility index (Phi) is 5.06. The van der Waals surface area contributed by atoms with Gasteiger partial charge in [-0.15, -0.1) is 0 Å². The Labute approximate surface area is 138 Å². The predicted molar refractivity (Wildman–Crippen MR) is 90.7 cm³/mol. The molecule has 6 heteroatoms. The third-order valence-electron chi connectivity index (χ3n) is 5.11. The van der Waals surface area contributed by atoms with Crippen molar-refractivity contribution in [3.05, 3.63) is 35.9 Å². The lowest BCUT2D eigenvalue weighted by Crippen LogP contribution is -2.67. The van der Waals surface area contributed by atoms with E-state index < -0.39 is 10.0 Å². The van der Waals surface area contributed by atoms with Crippen LogP contribution in [0.3, 0.4) is 0 Å². The number of benzene rings is 1. The summed E-state index contributed by atoms with van der Waals surface area (Å²) in [6.07, 6.45) is 2.50. The quantitative estimate of drug-likeness (QED) is 0.746. The fourth-order valence-electron chi connectivity index (χ4n) is 3.58. The van der Waals surface area contributed by atoms with Crippen LogP contribution in [0.2, 0.25) is 0 Å². The van der Waals surface area contributed by atoms with Crippen LogP contribution >= 0.6 is 0 Å². The highest BCUT2D eigenvalue weighted by atomic mass is 32.2. The van der Waals surface area contributed by atoms with Gasteiger partial charge in [0.25, 0.3) is 0 Å². The van der Waals surface area contributed by atoms with E-state index in [2.05, 4.69) is 21.8 Å². The van der Waals surface area contributed by atoms with E-state index in [1.54, 1.807) is 6.92 Å². The van der Waals surface area contributed by atoms with Gasteiger partial charge >= 0.3 is 0 Å². The molecule has 128 valence electrons. The first-order valence-corrected chi connectivity index (χ1v) is 10.1. The van der Waals surface area contributed by atoms with E-state index in [0.29, 0.717) is 12.5 Å². The molecule has 1 aliphatic heterocycles. The average molecular weight is 338 g/mol. The van der Waals surface area contributed by atoms with Crippen molar-refractivity contribution in [2.45, 2.75) is 37.8 Å². The van der Waals surface area contributed by atoms with Crippen LogP contribution in [0.4, 0.5) is 0 Å². The molecule has 2 N–H and O–H groups in total. The van der Waals surface area contributed by atoms with Crippen LogP contribution < -0.4 is 4.72 Å². The van der Waals surface area contributed by atoms with E-state index in [9.17, 15) is 13.5 Å². The maximum atomic E-state index is 11.8. The van der Waals surface area contributed by atoms with E-state index in [1.165, 1.54) is 18.4 Å². The molecule has 0 amide bonds. The molecule has 2 aliphatic rings. The summed E-state index contributed by atoms with van der Waals surface area (Å²) in [5, 5.41) is 9.83. The summed E-state index contributed by atoms with van der Waals surface area (Å²) in [6, 6.07) is 10.3. The van der Waals surface area contributed by atoms with E-state index in [-0.39, 0.29) is 30.4 Å². The van der Waals surface area contributed by atoms with Gasteiger partial charge in [0.1, 0.15) is 0 Å². The molecule has 3 rings (SSSR count). The molecule has 1 aliphatic carbocycles. The van der Waals surface area contributed by atoms with Crippen LogP contribution in [0, 0.1) is 5.92 Å². The Bertz CT molecular complexity index is 616. The van der Waals surface area contributed by atoms with Crippen molar-refractivity contribution in [3.8, 4) is 0 Å². The first-order valence-electron chi connectivity index (χ1n) is 8.44. The fraction of sp³-hybridized carbons (Fsp3) is 0.647. The number of likely N-dealkylation sites (tertiary alicyclic amines) is 1. The van der Waals surface area contributed by atoms with Crippen molar-refractivity contribution in [3.63, 3.8) is 0 Å². The van der Waals surface area contributed by atoms with Crippen molar-refractivity contribution in [2.24, 2.45) is 5.92 Å². The first kappa shape index (κ1) is 16.9. The Morgan fingerprint density at radius 1 is 1.22 bits per heavy atom. The number of aliphatic hydroxyl groups is 1. The number of aliphatic hydroxyl groups excluding tert-OH is 1. The Morgan fingerprint density at radius 2 is 1.91 bits per heavy atom. The molecule has 0 spiro atoms. The summed E-state index contributed by atoms with van der Waals surface area (Å²) >= 11 is 0. The lowest BCUT2D eigenvalue weighted by Gasteiger charge is -2.55. The largest absolute Gasteiger partial charge is 0.395 e. The fourth-order valence-corrected chi connectivity index (χ4v) is 4.21. The van der Waals surface area contributed by atoms with E-state index in [1.807, 2.05) is 18.2 Å². The highest BCUT2D eigenvalue weighted by Gasteiger charge is 2.49. The van der Waals surface area contributed by atoms with Crippen LogP contribution in [0.25, 0.3) is 0 Å². The van der Waals surface area contributed by atoms with E-state index >= 15 is 0 Å². The number of rotatable bonds is 8. The zero-order chi connectivity index (χ0) is 16.4. The minimum atomic E-state index is -3.20. The Morgan fingerprint density at radius 3 is 2.48 bits per heavy atom. The molecule has 1 saturated heterocycles. The van der Waals surface area contributed by atoms with Gasteiger partial charge in [0, 0.05) is 31.1 Å². The maximum absolute atomic E-state index is 11.8. The molecule has 0 radical (unpaired) electrons. The molecule has 1 aromatic rings. The predicted octanol–water partition coefficient (Wildman–Crippen LogP) is 1.16. The molecule has 0 bridgehead atoms. The molecular formula is C17H26N2O3S. The molecule has 5 nitrogen and oxygen atoms in total. The maximum Gasteiger partial charge on any atom is 0.211 e. The summed E-state index contributed by atoms with van der Waals surface area (Å²) in [5.41, 5.74) is 1.18. The second kappa shape index (κ2) is 6.89. The zero-order valence-electron chi connectivity index (χ0n) is 13.6. The van der Waals surface area contributed by atoms with E-state index in [4.69, 9.17) is 0 Å². The smallest absolute Gasteiger partial charge is 0.211 e. The number of hydrogen-bond acceptors (Lipinski definition) is 4. The van der Waals surface area contributed by atoms with Gasteiger partial charge in [-0.25, -0.2) is 13.1 Å². The summed E-state index contributed by atoms with van der Waals surface area (Å²) in [5.74, 6) is 0.993. The van der Waals surface area contributed by atoms with Crippen LogP contribution in [0.15, 0.2) is 30.3 Å². The van der Waals surface area contributed by atoms with Crippen LogP contribution in [-0.4, -0.2) is 56.0 Å². The number of sulfonamides is 1. The molecule has 3 atom stereocenters. The van der Waals surface area contributed by atoms with E-state index in [0.717, 1.165) is 6.54 Å². The van der Waals surface area contributed by atoms with Crippen LogP contribution in [-0.2, 0) is 10.0 Å². The monoisotopic (exact) mass is 338 g/mol. The van der Waals surface area contributed by atoms with Gasteiger partial charge in [0.05, 0.1) is 12.4 Å². The van der Waals surface area contributed by atoms with Gasteiger partial charge < -0.3 is 5.11 Å². The standard InChI is InChI=1S/C17H26N2O3S/c1-2-23(21,22)18-10-15-17(14-6-4-3-5-7-14)16(12-20)19(15)11-13-8-9-13/h3-7,13,15-18,20H,2,8-12H2,1H3/t15-,16-,17-/m1/s1. The number of nitrogens with one attached hydrogen (secondary N) is 1. The lowest BCUT2D eigenvalue weighted by molar-refractivity contribution is -0.0432. The van der Waals surface area contributed by atoms with Gasteiger partial charge in [-0.2, -0.15) is 0 Å². The third-order valence-corrected chi connectivity index (χ3v) is 6.48. The molecule has 1 heterocycles. The van der Waals surface area contributed by atoms with Gasteiger partial charge in [-0.1, -0.05) is 30.3 Å². The highest BCUT2D eigenvalue weighted by molar-refractivity contribution is 7.89. The van der Waals surface area contributed by atoms with Gasteiger partial charge in [0.15, 0.2) is 0 Å². The zero-order valence-corrected chi connectivity index (χ0v) is 14.4. The lowest BCUT2D eigenvalue weighted by atomic mass is 9.75. The molecule has 23 heavy (non-hydrogen) atoms. The molecular weight excluding hydrogens is 312 g/mol. The topological polar surface area (TPSA) is 69.6 Å². The summed E-state index contributed by atoms with van der Waals surface area (Å²) < 4.78 is 26.3. The number of hydrogen-bond donors (Lipinski definition) is 2. The molecule has 2 fully saturated rings. The van der Waals surface area contributed by atoms with Crippen LogP contribution in [0.1, 0.15) is 31.2 Å². The van der Waals surface area contributed by atoms with Crippen molar-refractivity contribution in [2.75, 3.05) is 25.4 Å². The summed E-state index contributed by atoms with van der Waals surface area (Å²) in [4.78, 5) is 2.30. The number of nitrogens with zero attached hydrogens (tertiary/aromatic N) is 1. The van der Waals surface area contributed by atoms with Crippen LogP contribution in [0.5, 0.6) is 0 Å². The molecule has 0 unspecified atom stereocenters. The molecule has 0 aromatic heterocycles. The van der Waals surface area contributed by atoms with Gasteiger partial charge in [0.2, 0.25) is 10.0 Å². The minimum absolute atomic E-state index is 0.0918. The van der Waals surface area contributed by atoms with Crippen molar-refractivity contribution in [1.82, 2.24) is 9.62 Å². The molecule has 1 saturated carbocycles. The van der Waals surface area contributed by atoms with Crippen molar-refractivity contribution in [1.29, 1.82) is 0 Å². The summed E-state index contributed by atoms with van der Waals surface area (Å²) in [7, 11) is -3.20. The van der Waals surface area contributed by atoms with Crippen molar-refractivity contribution >= 4 is 10.0 Å². The van der Waals surface area contributed by atoms with Gasteiger partial charge in [-0.3, -0.25) is 4.90 Å². The first-order chi connectivity index (χ1) is 11.1.